The van der Waals surface area contributed by atoms with Crippen molar-refractivity contribution >= 4 is 23.2 Å². The van der Waals surface area contributed by atoms with Crippen LogP contribution in [0.15, 0.2) is 73.2 Å². The maximum Gasteiger partial charge on any atom is 0.231 e. The Labute approximate surface area is 192 Å². The summed E-state index contributed by atoms with van der Waals surface area (Å²) in [6.07, 6.45) is 5.31. The summed E-state index contributed by atoms with van der Waals surface area (Å²) < 4.78 is 0. The Morgan fingerprint density at radius 1 is 0.844 bits per heavy atom. The number of aromatic nitrogens is 3. The summed E-state index contributed by atoms with van der Waals surface area (Å²) in [5, 5.41) is 3.56. The van der Waals surface area contributed by atoms with Crippen LogP contribution in [0.2, 0.25) is 5.02 Å². The van der Waals surface area contributed by atoms with Crippen LogP contribution in [0.1, 0.15) is 29.9 Å². The Balaban J connectivity index is 1.51. The molecular weight excluding hydrogens is 420 g/mol. The van der Waals surface area contributed by atoms with Gasteiger partial charge in [0.2, 0.25) is 5.91 Å². The van der Waals surface area contributed by atoms with E-state index in [-0.39, 0.29) is 11.8 Å². The van der Waals surface area contributed by atoms with E-state index in [2.05, 4.69) is 20.3 Å². The summed E-state index contributed by atoms with van der Waals surface area (Å²) in [4.78, 5) is 25.7. The molecule has 2 aromatic carbocycles. The van der Waals surface area contributed by atoms with Gasteiger partial charge in [0.1, 0.15) is 5.82 Å². The molecular formula is C26H23ClN4O. The van der Waals surface area contributed by atoms with Crippen molar-refractivity contribution in [1.82, 2.24) is 15.0 Å². The lowest BCUT2D eigenvalue weighted by Gasteiger charge is -2.15. The third kappa shape index (κ3) is 5.01. The van der Waals surface area contributed by atoms with Crippen LogP contribution < -0.4 is 5.32 Å². The molecule has 1 atom stereocenters. The van der Waals surface area contributed by atoms with E-state index in [1.165, 1.54) is 0 Å². The molecule has 160 valence electrons. The van der Waals surface area contributed by atoms with E-state index in [1.54, 1.807) is 18.6 Å². The number of aryl methyl sites for hydroxylation is 2. The van der Waals surface area contributed by atoms with Gasteiger partial charge in [-0.2, -0.15) is 0 Å². The maximum atomic E-state index is 12.9. The van der Waals surface area contributed by atoms with E-state index in [9.17, 15) is 4.79 Å². The molecule has 0 bridgehead atoms. The van der Waals surface area contributed by atoms with Gasteiger partial charge < -0.3 is 5.32 Å². The van der Waals surface area contributed by atoms with Gasteiger partial charge in [-0.3, -0.25) is 9.78 Å². The molecule has 5 nitrogen and oxygen atoms in total. The normalized spacial score (nSPS) is 11.8. The molecule has 4 aromatic rings. The van der Waals surface area contributed by atoms with Gasteiger partial charge in [0.15, 0.2) is 0 Å². The van der Waals surface area contributed by atoms with Gasteiger partial charge in [0.25, 0.3) is 0 Å². The van der Waals surface area contributed by atoms with Crippen molar-refractivity contribution in [1.29, 1.82) is 0 Å². The number of amides is 1. The highest BCUT2D eigenvalue weighted by atomic mass is 35.5. The quantitative estimate of drug-likeness (QED) is 0.398. The Bertz CT molecular complexity index is 1250. The molecule has 0 aliphatic rings. The second kappa shape index (κ2) is 9.28. The van der Waals surface area contributed by atoms with Crippen LogP contribution in [0, 0.1) is 13.8 Å². The first-order chi connectivity index (χ1) is 15.4. The number of nitrogens with one attached hydrogen (secondary N) is 1. The largest absolute Gasteiger partial charge is 0.326 e. The van der Waals surface area contributed by atoms with E-state index in [0.29, 0.717) is 10.8 Å². The maximum absolute atomic E-state index is 12.9. The molecule has 6 heteroatoms. The fraction of sp³-hybridized carbons (Fsp3) is 0.154. The van der Waals surface area contributed by atoms with E-state index in [0.717, 1.165) is 39.2 Å². The number of benzene rings is 2. The Hall–Kier alpha value is -3.57. The Morgan fingerprint density at radius 3 is 2.25 bits per heavy atom. The van der Waals surface area contributed by atoms with Crippen LogP contribution in [-0.4, -0.2) is 20.9 Å². The van der Waals surface area contributed by atoms with Crippen molar-refractivity contribution in [3.8, 4) is 22.3 Å². The number of halogens is 1. The van der Waals surface area contributed by atoms with Gasteiger partial charge in [-0.25, -0.2) is 9.97 Å². The van der Waals surface area contributed by atoms with Crippen LogP contribution in [0.25, 0.3) is 22.3 Å². The smallest absolute Gasteiger partial charge is 0.231 e. The fourth-order valence-electron chi connectivity index (χ4n) is 3.44. The second-order valence-corrected chi connectivity index (χ2v) is 8.20. The van der Waals surface area contributed by atoms with Gasteiger partial charge >= 0.3 is 0 Å². The van der Waals surface area contributed by atoms with Crippen LogP contribution in [0.4, 0.5) is 5.69 Å². The number of pyridine rings is 1. The Morgan fingerprint density at radius 2 is 1.56 bits per heavy atom. The standard InChI is InChI=1S/C26H23ClN4O/c1-16-10-20(8-9-28-16)19-4-6-25(7-5-19)31-26(32)17(2)21-11-22(13-24(27)12-21)23-14-29-18(3)30-15-23/h4-15,17H,1-3H3,(H,31,32). The minimum atomic E-state index is -0.388. The van der Waals surface area contributed by atoms with Crippen molar-refractivity contribution in [2.24, 2.45) is 0 Å². The lowest BCUT2D eigenvalue weighted by molar-refractivity contribution is -0.117. The lowest BCUT2D eigenvalue weighted by atomic mass is 9.96. The summed E-state index contributed by atoms with van der Waals surface area (Å²) in [7, 11) is 0. The lowest BCUT2D eigenvalue weighted by Crippen LogP contribution is -2.18. The van der Waals surface area contributed by atoms with Crippen LogP contribution in [0.3, 0.4) is 0 Å². The molecule has 0 fully saturated rings. The monoisotopic (exact) mass is 442 g/mol. The first-order valence-electron chi connectivity index (χ1n) is 10.3. The molecule has 4 rings (SSSR count). The molecule has 1 N–H and O–H groups in total. The van der Waals surface area contributed by atoms with Crippen molar-refractivity contribution in [3.05, 3.63) is 95.3 Å². The third-order valence-corrected chi connectivity index (χ3v) is 5.53. The predicted molar refractivity (Wildman–Crippen MR) is 129 cm³/mol. The first kappa shape index (κ1) is 21.7. The molecule has 0 aliphatic carbocycles. The second-order valence-electron chi connectivity index (χ2n) is 7.77. The molecule has 32 heavy (non-hydrogen) atoms. The summed E-state index contributed by atoms with van der Waals surface area (Å²) in [6, 6.07) is 17.4. The van der Waals surface area contributed by atoms with E-state index in [4.69, 9.17) is 11.6 Å². The van der Waals surface area contributed by atoms with Crippen LogP contribution in [-0.2, 0) is 4.79 Å². The number of carbonyl (C=O) groups excluding carboxylic acids is 1. The van der Waals surface area contributed by atoms with Crippen molar-refractivity contribution < 1.29 is 4.79 Å². The average molecular weight is 443 g/mol. The summed E-state index contributed by atoms with van der Waals surface area (Å²) >= 11 is 6.35. The number of hydrogen-bond acceptors (Lipinski definition) is 4. The summed E-state index contributed by atoms with van der Waals surface area (Å²) in [5.41, 5.74) is 6.43. The van der Waals surface area contributed by atoms with Gasteiger partial charge in [-0.1, -0.05) is 29.8 Å². The number of rotatable bonds is 5. The highest BCUT2D eigenvalue weighted by Gasteiger charge is 2.17. The van der Waals surface area contributed by atoms with Crippen molar-refractivity contribution in [2.45, 2.75) is 26.7 Å². The van der Waals surface area contributed by atoms with Gasteiger partial charge in [-0.05, 0) is 79.4 Å². The highest BCUT2D eigenvalue weighted by molar-refractivity contribution is 6.31. The average Bonchev–Trinajstić information content (AvgIpc) is 2.79. The zero-order valence-corrected chi connectivity index (χ0v) is 18.9. The fourth-order valence-corrected chi connectivity index (χ4v) is 3.69. The van der Waals surface area contributed by atoms with Gasteiger partial charge in [0.05, 0.1) is 5.92 Å². The van der Waals surface area contributed by atoms with E-state index >= 15 is 0 Å². The zero-order valence-electron chi connectivity index (χ0n) is 18.1. The molecule has 0 radical (unpaired) electrons. The highest BCUT2D eigenvalue weighted by Crippen LogP contribution is 2.29. The van der Waals surface area contributed by atoms with Crippen LogP contribution in [0.5, 0.6) is 0 Å². The molecule has 1 unspecified atom stereocenters. The minimum absolute atomic E-state index is 0.106. The first-order valence-corrected chi connectivity index (χ1v) is 10.7. The molecule has 0 spiro atoms. The van der Waals surface area contributed by atoms with E-state index < -0.39 is 0 Å². The Kier molecular flexibility index (Phi) is 6.28. The predicted octanol–water partition coefficient (Wildman–Crippen LogP) is 6.22. The number of nitrogens with zero attached hydrogens (tertiary/aromatic N) is 3. The van der Waals surface area contributed by atoms with Gasteiger partial charge in [-0.15, -0.1) is 0 Å². The topological polar surface area (TPSA) is 67.8 Å². The number of carbonyl (C=O) groups is 1. The summed E-state index contributed by atoms with van der Waals surface area (Å²) in [6.45, 7) is 5.67. The molecule has 2 heterocycles. The van der Waals surface area contributed by atoms with E-state index in [1.807, 2.05) is 75.4 Å². The third-order valence-electron chi connectivity index (χ3n) is 5.31. The van der Waals surface area contributed by atoms with Crippen molar-refractivity contribution in [3.63, 3.8) is 0 Å². The summed E-state index contributed by atoms with van der Waals surface area (Å²) in [5.74, 6) is 0.209. The number of hydrogen-bond donors (Lipinski definition) is 1. The molecule has 2 aromatic heterocycles. The minimum Gasteiger partial charge on any atom is -0.326 e. The molecule has 0 aliphatic heterocycles. The molecule has 0 saturated heterocycles. The number of anilines is 1. The van der Waals surface area contributed by atoms with Gasteiger partial charge in [0, 0.05) is 40.6 Å². The molecule has 1 amide bonds. The zero-order chi connectivity index (χ0) is 22.7. The van der Waals surface area contributed by atoms with Crippen molar-refractivity contribution in [2.75, 3.05) is 5.32 Å². The SMILES string of the molecule is Cc1cc(-c2ccc(NC(=O)C(C)c3cc(Cl)cc(-c4cnc(C)nc4)c3)cc2)ccn1. The molecule has 0 saturated carbocycles. The van der Waals surface area contributed by atoms with Crippen LogP contribution >= 0.6 is 11.6 Å².